The quantitative estimate of drug-likeness (QED) is 0.505. The normalized spacial score (nSPS) is 21.3. The van der Waals surface area contributed by atoms with Crippen molar-refractivity contribution in [3.8, 4) is 0 Å². The molecule has 19 heavy (non-hydrogen) atoms. The van der Waals surface area contributed by atoms with Crippen LogP contribution in [-0.2, 0) is 26.2 Å². The Hall–Kier alpha value is -0.0969. The molecule has 3 heteroatoms. The minimum Gasteiger partial charge on any atom is -1.00 e. The zero-order chi connectivity index (χ0) is 10.5. The first-order valence-electron chi connectivity index (χ1n) is 6.02. The van der Waals surface area contributed by atoms with Crippen molar-refractivity contribution in [2.45, 2.75) is 25.2 Å². The third kappa shape index (κ3) is 2.58. The van der Waals surface area contributed by atoms with E-state index in [1.54, 1.807) is 11.1 Å². The van der Waals surface area contributed by atoms with Crippen LogP contribution in [0.15, 0.2) is 47.1 Å². The van der Waals surface area contributed by atoms with Gasteiger partial charge in [0.1, 0.15) is 0 Å². The molecule has 95 valence electrons. The Bertz CT molecular complexity index is 570. The smallest absolute Gasteiger partial charge is 1.00 e. The van der Waals surface area contributed by atoms with Crippen molar-refractivity contribution in [2.75, 3.05) is 0 Å². The van der Waals surface area contributed by atoms with E-state index < -0.39 is 0 Å². The summed E-state index contributed by atoms with van der Waals surface area (Å²) < 4.78 is 0. The van der Waals surface area contributed by atoms with Gasteiger partial charge < -0.3 is 24.8 Å². The third-order valence-corrected chi connectivity index (χ3v) is 4.04. The Morgan fingerprint density at radius 2 is 1.84 bits per heavy atom. The summed E-state index contributed by atoms with van der Waals surface area (Å²) >= 11 is 0. The van der Waals surface area contributed by atoms with Crippen LogP contribution in [-0.4, -0.2) is 0 Å². The van der Waals surface area contributed by atoms with Crippen LogP contribution in [0.25, 0.3) is 6.08 Å². The molecule has 1 aromatic rings. The Kier molecular flexibility index (Phi) is 5.86. The van der Waals surface area contributed by atoms with Crippen molar-refractivity contribution < 1.29 is 51.0 Å². The molecule has 0 nitrogen and oxygen atoms in total. The van der Waals surface area contributed by atoms with E-state index in [0.717, 1.165) is 6.42 Å². The monoisotopic (exact) mass is 365 g/mol. The summed E-state index contributed by atoms with van der Waals surface area (Å²) in [6, 6.07) is 8.75. The van der Waals surface area contributed by atoms with Gasteiger partial charge in [-0.1, -0.05) is 49.3 Å². The SMILES string of the molecule is [C-]1=C2CCC2=C(C2C=Cc3ccccc32)C1.[Cl-].[Cl-].[Zr+3]. The number of hydrogen-bond acceptors (Lipinski definition) is 0. The van der Waals surface area contributed by atoms with Gasteiger partial charge >= 0.3 is 26.2 Å². The van der Waals surface area contributed by atoms with Crippen LogP contribution in [0.1, 0.15) is 36.3 Å². The molecule has 0 bridgehead atoms. The molecule has 0 heterocycles. The van der Waals surface area contributed by atoms with E-state index in [2.05, 4.69) is 42.5 Å². The summed E-state index contributed by atoms with van der Waals surface area (Å²) in [5, 5.41) is 0. The number of allylic oxidation sites excluding steroid dienone is 5. The minimum absolute atomic E-state index is 0. The van der Waals surface area contributed by atoms with E-state index in [1.807, 2.05) is 0 Å². The first-order chi connectivity index (χ1) is 7.93. The van der Waals surface area contributed by atoms with Gasteiger partial charge in [-0.2, -0.15) is 11.1 Å². The second kappa shape index (κ2) is 6.57. The van der Waals surface area contributed by atoms with Crippen LogP contribution in [0.5, 0.6) is 0 Å². The van der Waals surface area contributed by atoms with Gasteiger partial charge in [0.25, 0.3) is 0 Å². The molecule has 4 rings (SSSR count). The molecule has 0 amide bonds. The minimum atomic E-state index is 0. The third-order valence-electron chi connectivity index (χ3n) is 4.04. The van der Waals surface area contributed by atoms with E-state index in [-0.39, 0.29) is 51.0 Å². The summed E-state index contributed by atoms with van der Waals surface area (Å²) in [7, 11) is 0. The molecule has 0 aromatic heterocycles. The van der Waals surface area contributed by atoms with Crippen LogP contribution in [0.4, 0.5) is 0 Å². The zero-order valence-corrected chi connectivity index (χ0v) is 14.4. The molecule has 1 unspecified atom stereocenters. The maximum atomic E-state index is 3.52. The topological polar surface area (TPSA) is 0 Å². The van der Waals surface area contributed by atoms with Gasteiger partial charge in [0.15, 0.2) is 0 Å². The second-order valence-electron chi connectivity index (χ2n) is 4.80. The van der Waals surface area contributed by atoms with Gasteiger partial charge in [-0.3, -0.25) is 6.08 Å². The van der Waals surface area contributed by atoms with Crippen molar-refractivity contribution in [2.24, 2.45) is 0 Å². The predicted molar refractivity (Wildman–Crippen MR) is 65.9 cm³/mol. The first-order valence-corrected chi connectivity index (χ1v) is 6.02. The zero-order valence-electron chi connectivity index (χ0n) is 10.4. The fourth-order valence-electron chi connectivity index (χ4n) is 3.08. The Labute approximate surface area is 146 Å². The van der Waals surface area contributed by atoms with E-state index >= 15 is 0 Å². The molecule has 1 aromatic carbocycles. The van der Waals surface area contributed by atoms with Crippen molar-refractivity contribution in [3.63, 3.8) is 0 Å². The summed E-state index contributed by atoms with van der Waals surface area (Å²) in [6.45, 7) is 0. The molecule has 0 saturated heterocycles. The Morgan fingerprint density at radius 1 is 1.05 bits per heavy atom. The molecule has 1 fully saturated rings. The summed E-state index contributed by atoms with van der Waals surface area (Å²) in [4.78, 5) is 0. The van der Waals surface area contributed by atoms with Gasteiger partial charge in [-0.05, 0) is 11.1 Å². The van der Waals surface area contributed by atoms with Gasteiger partial charge in [0.2, 0.25) is 0 Å². The number of benzene rings is 1. The fraction of sp³-hybridized carbons (Fsp3) is 0.250. The fourth-order valence-corrected chi connectivity index (χ4v) is 3.08. The number of rotatable bonds is 1. The molecule has 3 aliphatic carbocycles. The summed E-state index contributed by atoms with van der Waals surface area (Å²) in [5.74, 6) is 0.538. The molecular weight excluding hydrogens is 354 g/mol. The number of halogens is 2. The van der Waals surface area contributed by atoms with Crippen molar-refractivity contribution >= 4 is 6.08 Å². The van der Waals surface area contributed by atoms with Crippen molar-refractivity contribution in [3.05, 3.63) is 64.3 Å². The van der Waals surface area contributed by atoms with Gasteiger partial charge in [0, 0.05) is 5.92 Å². The molecule has 3 aliphatic rings. The van der Waals surface area contributed by atoms with Gasteiger partial charge in [-0.15, -0.1) is 6.42 Å². The van der Waals surface area contributed by atoms with E-state index in [4.69, 9.17) is 0 Å². The Morgan fingerprint density at radius 3 is 2.53 bits per heavy atom. The molecule has 0 N–H and O–H groups in total. The number of hydrogen-bond donors (Lipinski definition) is 0. The maximum Gasteiger partial charge on any atom is 3.00 e. The average Bonchev–Trinajstić information content (AvgIpc) is 2.80. The Balaban J connectivity index is 0.000000602. The van der Waals surface area contributed by atoms with Gasteiger partial charge in [-0.25, -0.2) is 5.57 Å². The maximum absolute atomic E-state index is 3.52. The van der Waals surface area contributed by atoms with Gasteiger partial charge in [0.05, 0.1) is 0 Å². The largest absolute Gasteiger partial charge is 3.00 e. The molecule has 0 aliphatic heterocycles. The molecule has 1 atom stereocenters. The van der Waals surface area contributed by atoms with Crippen LogP contribution in [0, 0.1) is 6.08 Å². The predicted octanol–water partition coefficient (Wildman–Crippen LogP) is -1.97. The summed E-state index contributed by atoms with van der Waals surface area (Å²) in [5.41, 5.74) is 7.62. The van der Waals surface area contributed by atoms with Crippen molar-refractivity contribution in [1.82, 2.24) is 0 Å². The molecule has 1 saturated carbocycles. The summed E-state index contributed by atoms with van der Waals surface area (Å²) in [6.07, 6.45) is 11.8. The second-order valence-corrected chi connectivity index (χ2v) is 4.80. The average molecular weight is 367 g/mol. The standard InChI is InChI=1S/C16H13.2ClH.Zr/c1-2-4-13-11(3-1)6-9-15(13)16-10-7-12-5-8-14(12)16;;;/h1-4,6,9,15H,5,8,10H2;2*1H;/q-1;;;+3/p-2. The molecular formula is C16H13Cl2Zr. The van der Waals surface area contributed by atoms with E-state index in [0.29, 0.717) is 5.92 Å². The van der Waals surface area contributed by atoms with Crippen molar-refractivity contribution in [1.29, 1.82) is 0 Å². The van der Waals surface area contributed by atoms with Crippen LogP contribution in [0.2, 0.25) is 0 Å². The molecule has 1 radical (unpaired) electrons. The van der Waals surface area contributed by atoms with E-state index in [1.165, 1.54) is 29.5 Å². The van der Waals surface area contributed by atoms with E-state index in [9.17, 15) is 0 Å². The first kappa shape index (κ1) is 17.0. The van der Waals surface area contributed by atoms with Crippen LogP contribution in [0.3, 0.4) is 0 Å². The van der Waals surface area contributed by atoms with Crippen LogP contribution < -0.4 is 24.8 Å². The molecule has 0 spiro atoms. The van der Waals surface area contributed by atoms with Crippen LogP contribution >= 0.6 is 0 Å². The number of fused-ring (bicyclic) bond motifs is 2.